The molecule has 0 aromatic heterocycles. The lowest BCUT2D eigenvalue weighted by Crippen LogP contribution is -2.24. The number of ether oxygens (including phenoxy) is 1. The predicted octanol–water partition coefficient (Wildman–Crippen LogP) is 1.96. The monoisotopic (exact) mass is 126 g/mol. The molecular weight excluding hydrogens is 112 g/mol. The van der Waals surface area contributed by atoms with Crippen molar-refractivity contribution in [3.05, 3.63) is 0 Å². The summed E-state index contributed by atoms with van der Waals surface area (Å²) in [5.41, 5.74) is 0.304. The van der Waals surface area contributed by atoms with Gasteiger partial charge in [-0.25, -0.2) is 0 Å². The summed E-state index contributed by atoms with van der Waals surface area (Å²) in [6, 6.07) is 0. The van der Waals surface area contributed by atoms with Crippen LogP contribution in [0.3, 0.4) is 0 Å². The molecule has 3 unspecified atom stereocenters. The van der Waals surface area contributed by atoms with Gasteiger partial charge >= 0.3 is 0 Å². The van der Waals surface area contributed by atoms with Crippen molar-refractivity contribution in [1.29, 1.82) is 0 Å². The molecule has 1 aliphatic heterocycles. The van der Waals surface area contributed by atoms with E-state index < -0.39 is 0 Å². The molecule has 1 saturated heterocycles. The first-order chi connectivity index (χ1) is 4.23. The lowest BCUT2D eigenvalue weighted by molar-refractivity contribution is 0.242. The number of hydrogen-bond donors (Lipinski definition) is 0. The van der Waals surface area contributed by atoms with Gasteiger partial charge in [-0.3, -0.25) is 0 Å². The fraction of sp³-hybridized carbons (Fsp3) is 1.00. The Bertz CT molecular complexity index is 133. The van der Waals surface area contributed by atoms with Crippen LogP contribution in [-0.2, 0) is 4.74 Å². The van der Waals surface area contributed by atoms with E-state index >= 15 is 0 Å². The quantitative estimate of drug-likeness (QED) is 0.452. The summed E-state index contributed by atoms with van der Waals surface area (Å²) in [6.07, 6.45) is 4.68. The van der Waals surface area contributed by atoms with Crippen molar-refractivity contribution in [3.8, 4) is 0 Å². The maximum atomic E-state index is 5.58. The van der Waals surface area contributed by atoms with Crippen LogP contribution < -0.4 is 0 Å². The van der Waals surface area contributed by atoms with Crippen LogP contribution in [0.4, 0.5) is 0 Å². The lowest BCUT2D eigenvalue weighted by Gasteiger charge is -2.20. The van der Waals surface area contributed by atoms with Gasteiger partial charge in [-0.15, -0.1) is 0 Å². The maximum Gasteiger partial charge on any atom is 0.0945 e. The minimum atomic E-state index is 0.304. The second kappa shape index (κ2) is 1.51. The molecule has 0 spiro atoms. The first-order valence-electron chi connectivity index (χ1n) is 3.91. The Morgan fingerprint density at radius 2 is 2.22 bits per heavy atom. The van der Waals surface area contributed by atoms with Crippen molar-refractivity contribution in [3.63, 3.8) is 0 Å². The third-order valence-corrected chi connectivity index (χ3v) is 3.06. The number of epoxide rings is 1. The van der Waals surface area contributed by atoms with E-state index in [1.54, 1.807) is 0 Å². The first-order valence-corrected chi connectivity index (χ1v) is 3.91. The van der Waals surface area contributed by atoms with Crippen LogP contribution >= 0.6 is 0 Å². The average molecular weight is 126 g/mol. The molecule has 0 amide bonds. The highest BCUT2D eigenvalue weighted by atomic mass is 16.6. The standard InChI is InChI=1S/C8H14O/c1-6-4-3-5-7-8(6,2)9-7/h6-7H,3-5H2,1-2H3. The van der Waals surface area contributed by atoms with Gasteiger partial charge in [-0.2, -0.15) is 0 Å². The SMILES string of the molecule is CC1CCCC2OC12C. The molecule has 2 fully saturated rings. The Kier molecular flexibility index (Phi) is 0.963. The summed E-state index contributed by atoms with van der Waals surface area (Å²) in [6.45, 7) is 4.56. The summed E-state index contributed by atoms with van der Waals surface area (Å²) < 4.78 is 5.58. The van der Waals surface area contributed by atoms with Crippen LogP contribution in [0.25, 0.3) is 0 Å². The highest BCUT2D eigenvalue weighted by molar-refractivity contribution is 5.04. The molecular formula is C8H14O. The van der Waals surface area contributed by atoms with E-state index in [1.807, 2.05) is 0 Å². The summed E-state index contributed by atoms with van der Waals surface area (Å²) in [4.78, 5) is 0. The molecule has 0 aromatic carbocycles. The molecule has 0 aromatic rings. The number of fused-ring (bicyclic) bond motifs is 1. The molecule has 9 heavy (non-hydrogen) atoms. The van der Waals surface area contributed by atoms with E-state index in [2.05, 4.69) is 13.8 Å². The normalized spacial score (nSPS) is 56.7. The Hall–Kier alpha value is -0.0400. The summed E-state index contributed by atoms with van der Waals surface area (Å²) in [5, 5.41) is 0. The minimum Gasteiger partial charge on any atom is -0.366 e. The van der Waals surface area contributed by atoms with Crippen molar-refractivity contribution in [1.82, 2.24) is 0 Å². The van der Waals surface area contributed by atoms with E-state index in [4.69, 9.17) is 4.74 Å². The summed E-state index contributed by atoms with van der Waals surface area (Å²) in [7, 11) is 0. The van der Waals surface area contributed by atoms with Gasteiger partial charge in [0, 0.05) is 0 Å². The van der Waals surface area contributed by atoms with Crippen LogP contribution in [0.5, 0.6) is 0 Å². The van der Waals surface area contributed by atoms with E-state index in [9.17, 15) is 0 Å². The Labute approximate surface area is 56.4 Å². The van der Waals surface area contributed by atoms with Gasteiger partial charge in [0.15, 0.2) is 0 Å². The predicted molar refractivity (Wildman–Crippen MR) is 36.3 cm³/mol. The summed E-state index contributed by atoms with van der Waals surface area (Å²) in [5.74, 6) is 0.802. The number of rotatable bonds is 0. The molecule has 1 heteroatoms. The van der Waals surface area contributed by atoms with Crippen LogP contribution in [0.2, 0.25) is 0 Å². The average Bonchev–Trinajstić information content (AvgIpc) is 2.44. The zero-order chi connectivity index (χ0) is 6.48. The van der Waals surface area contributed by atoms with E-state index in [1.165, 1.54) is 19.3 Å². The maximum absolute atomic E-state index is 5.58. The minimum absolute atomic E-state index is 0.304. The fourth-order valence-electron chi connectivity index (χ4n) is 1.95. The Morgan fingerprint density at radius 1 is 1.44 bits per heavy atom. The van der Waals surface area contributed by atoms with Gasteiger partial charge in [0.2, 0.25) is 0 Å². The molecule has 1 heterocycles. The van der Waals surface area contributed by atoms with E-state index in [-0.39, 0.29) is 0 Å². The van der Waals surface area contributed by atoms with Crippen molar-refractivity contribution in [2.75, 3.05) is 0 Å². The molecule has 2 aliphatic rings. The molecule has 1 aliphatic carbocycles. The van der Waals surface area contributed by atoms with Crippen molar-refractivity contribution in [2.24, 2.45) is 5.92 Å². The second-order valence-electron chi connectivity index (χ2n) is 3.62. The Balaban J connectivity index is 2.10. The van der Waals surface area contributed by atoms with Crippen LogP contribution in [-0.4, -0.2) is 11.7 Å². The smallest absolute Gasteiger partial charge is 0.0945 e. The second-order valence-corrected chi connectivity index (χ2v) is 3.62. The molecule has 0 N–H and O–H groups in total. The zero-order valence-electron chi connectivity index (χ0n) is 6.18. The van der Waals surface area contributed by atoms with Gasteiger partial charge in [-0.05, 0) is 25.7 Å². The third-order valence-electron chi connectivity index (χ3n) is 3.06. The van der Waals surface area contributed by atoms with E-state index in [0.29, 0.717) is 11.7 Å². The van der Waals surface area contributed by atoms with Gasteiger partial charge in [0.1, 0.15) is 0 Å². The topological polar surface area (TPSA) is 12.5 Å². The molecule has 52 valence electrons. The van der Waals surface area contributed by atoms with Crippen LogP contribution in [0.1, 0.15) is 33.1 Å². The van der Waals surface area contributed by atoms with Crippen LogP contribution in [0, 0.1) is 5.92 Å². The first kappa shape index (κ1) is 5.72. The van der Waals surface area contributed by atoms with E-state index in [0.717, 1.165) is 5.92 Å². The zero-order valence-corrected chi connectivity index (χ0v) is 6.18. The third kappa shape index (κ3) is 0.644. The van der Waals surface area contributed by atoms with Gasteiger partial charge in [0.25, 0.3) is 0 Å². The largest absolute Gasteiger partial charge is 0.366 e. The molecule has 2 rings (SSSR count). The van der Waals surface area contributed by atoms with Gasteiger partial charge < -0.3 is 4.74 Å². The highest BCUT2D eigenvalue weighted by Gasteiger charge is 2.56. The molecule has 1 nitrogen and oxygen atoms in total. The lowest BCUT2D eigenvalue weighted by atomic mass is 9.82. The fourth-order valence-corrected chi connectivity index (χ4v) is 1.95. The van der Waals surface area contributed by atoms with Crippen molar-refractivity contribution in [2.45, 2.75) is 44.8 Å². The molecule has 1 saturated carbocycles. The van der Waals surface area contributed by atoms with Gasteiger partial charge in [-0.1, -0.05) is 13.3 Å². The summed E-state index contributed by atoms with van der Waals surface area (Å²) >= 11 is 0. The van der Waals surface area contributed by atoms with Gasteiger partial charge in [0.05, 0.1) is 11.7 Å². The van der Waals surface area contributed by atoms with Crippen molar-refractivity contribution < 1.29 is 4.74 Å². The molecule has 0 radical (unpaired) electrons. The molecule has 0 bridgehead atoms. The molecule has 3 atom stereocenters. The number of hydrogen-bond acceptors (Lipinski definition) is 1. The highest BCUT2D eigenvalue weighted by Crippen LogP contribution is 2.50. The van der Waals surface area contributed by atoms with Crippen molar-refractivity contribution >= 4 is 0 Å². The Morgan fingerprint density at radius 3 is 2.78 bits per heavy atom. The van der Waals surface area contributed by atoms with Crippen LogP contribution in [0.15, 0.2) is 0 Å².